The van der Waals surface area contributed by atoms with Gasteiger partial charge >= 0.3 is 5.97 Å². The maximum absolute atomic E-state index is 12.4. The number of rotatable bonds is 59. The van der Waals surface area contributed by atoms with Gasteiger partial charge in [0.15, 0.2) is 0 Å². The van der Waals surface area contributed by atoms with Gasteiger partial charge < -0.3 is 20.3 Å². The number of unbranched alkanes of at least 4 members (excludes halogenated alkanes) is 46. The Morgan fingerprint density at radius 1 is 0.386 bits per heavy atom. The highest BCUT2D eigenvalue weighted by Gasteiger charge is 2.18. The Morgan fingerprint density at radius 2 is 0.686 bits per heavy atom. The first-order chi connectivity index (χ1) is 34.5. The molecule has 0 spiro atoms. The van der Waals surface area contributed by atoms with Gasteiger partial charge in [-0.2, -0.15) is 0 Å². The summed E-state index contributed by atoms with van der Waals surface area (Å²) in [5.74, 6) is -0.0549. The third-order valence-corrected chi connectivity index (χ3v) is 14.7. The number of carbonyl (C=O) groups excluding carboxylic acids is 2. The number of ether oxygens (including phenoxy) is 1. The number of nitrogens with one attached hydrogen (secondary N) is 1. The first-order valence-electron chi connectivity index (χ1n) is 31.6. The van der Waals surface area contributed by atoms with E-state index < -0.39 is 12.1 Å². The van der Waals surface area contributed by atoms with Crippen LogP contribution < -0.4 is 5.32 Å². The number of esters is 1. The third kappa shape index (κ3) is 55.7. The van der Waals surface area contributed by atoms with E-state index in [-0.39, 0.29) is 18.5 Å². The molecule has 0 saturated carbocycles. The van der Waals surface area contributed by atoms with Gasteiger partial charge in [-0.15, -0.1) is 0 Å². The number of hydrogen-bond acceptors (Lipinski definition) is 5. The van der Waals surface area contributed by atoms with Gasteiger partial charge in [0.25, 0.3) is 0 Å². The average Bonchev–Trinajstić information content (AvgIpc) is 3.36. The van der Waals surface area contributed by atoms with Crippen LogP contribution in [0.15, 0.2) is 24.3 Å². The molecule has 6 heteroatoms. The fraction of sp³-hybridized carbons (Fsp3) is 0.906. The molecule has 0 fully saturated rings. The van der Waals surface area contributed by atoms with Crippen molar-refractivity contribution in [3.8, 4) is 0 Å². The van der Waals surface area contributed by atoms with Crippen molar-refractivity contribution in [2.24, 2.45) is 0 Å². The zero-order valence-corrected chi connectivity index (χ0v) is 47.3. The molecule has 0 aromatic heterocycles. The first kappa shape index (κ1) is 68.3. The molecule has 70 heavy (non-hydrogen) atoms. The van der Waals surface area contributed by atoms with E-state index in [0.717, 1.165) is 44.9 Å². The molecular weight excluding hydrogens is 863 g/mol. The second-order valence-electron chi connectivity index (χ2n) is 21.7. The quantitative estimate of drug-likeness (QED) is 0.0321. The van der Waals surface area contributed by atoms with Gasteiger partial charge in [-0.25, -0.2) is 0 Å². The Labute approximate surface area is 437 Å². The molecule has 0 aromatic rings. The molecule has 0 saturated heterocycles. The van der Waals surface area contributed by atoms with Crippen LogP contribution in [0.1, 0.15) is 348 Å². The van der Waals surface area contributed by atoms with E-state index >= 15 is 0 Å². The van der Waals surface area contributed by atoms with Crippen LogP contribution in [0.3, 0.4) is 0 Å². The topological polar surface area (TPSA) is 95.9 Å². The van der Waals surface area contributed by atoms with Crippen molar-refractivity contribution in [1.82, 2.24) is 5.32 Å². The molecular formula is C64H123NO5. The monoisotopic (exact) mass is 986 g/mol. The molecule has 0 aromatic carbocycles. The summed E-state index contributed by atoms with van der Waals surface area (Å²) in [7, 11) is 0. The van der Waals surface area contributed by atoms with Gasteiger partial charge in [-0.1, -0.05) is 308 Å². The fourth-order valence-corrected chi connectivity index (χ4v) is 9.85. The maximum Gasteiger partial charge on any atom is 0.305 e. The van der Waals surface area contributed by atoms with E-state index in [0.29, 0.717) is 19.4 Å². The van der Waals surface area contributed by atoms with Crippen molar-refractivity contribution in [1.29, 1.82) is 0 Å². The molecule has 0 rings (SSSR count). The normalized spacial score (nSPS) is 12.7. The summed E-state index contributed by atoms with van der Waals surface area (Å²) in [4.78, 5) is 24.4. The maximum atomic E-state index is 12.4. The lowest BCUT2D eigenvalue weighted by Gasteiger charge is -2.20. The zero-order chi connectivity index (χ0) is 50.7. The van der Waals surface area contributed by atoms with E-state index in [2.05, 4.69) is 31.3 Å². The lowest BCUT2D eigenvalue weighted by molar-refractivity contribution is -0.143. The smallest absolute Gasteiger partial charge is 0.305 e. The highest BCUT2D eigenvalue weighted by molar-refractivity contribution is 5.76. The van der Waals surface area contributed by atoms with E-state index in [1.807, 2.05) is 6.08 Å². The van der Waals surface area contributed by atoms with E-state index in [1.165, 1.54) is 276 Å². The Kier molecular flexibility index (Phi) is 58.5. The van der Waals surface area contributed by atoms with Crippen LogP contribution in [-0.2, 0) is 14.3 Å². The SMILES string of the molecule is CCCC/C=C\CCCCCCCC(=O)OCCCCCCCCCCCCCCCCCCCCCCCCCCCCCCCCC(=O)NC(CO)C(O)/C=C/CCCCCCCCCCCC. The standard InChI is InChI=1S/C64H123NO5/c1-3-5-7-9-11-13-15-37-40-44-48-52-56-62(67)61(60-66)65-63(68)57-53-49-45-41-38-34-32-30-28-26-24-22-20-18-16-17-19-21-23-25-27-29-31-33-35-39-43-47-51-55-59-70-64(69)58-54-50-46-42-36-14-12-10-8-6-4-2/h10,12,52,56,61-62,66-67H,3-9,11,13-51,53-55,57-60H2,1-2H3,(H,65,68)/b12-10-,56-52+. The predicted octanol–water partition coefficient (Wildman–Crippen LogP) is 19.8. The summed E-state index contributed by atoms with van der Waals surface area (Å²) < 4.78 is 5.46. The van der Waals surface area contributed by atoms with Crippen molar-refractivity contribution in [3.63, 3.8) is 0 Å². The van der Waals surface area contributed by atoms with E-state index in [4.69, 9.17) is 4.74 Å². The van der Waals surface area contributed by atoms with Crippen LogP contribution in [0, 0.1) is 0 Å². The molecule has 0 heterocycles. The highest BCUT2D eigenvalue weighted by atomic mass is 16.5. The van der Waals surface area contributed by atoms with Gasteiger partial charge in [0.2, 0.25) is 5.91 Å². The van der Waals surface area contributed by atoms with Crippen LogP contribution >= 0.6 is 0 Å². The van der Waals surface area contributed by atoms with Gasteiger partial charge in [-0.05, 0) is 51.4 Å². The Hall–Kier alpha value is -1.66. The second-order valence-corrected chi connectivity index (χ2v) is 21.7. The van der Waals surface area contributed by atoms with Gasteiger partial charge in [0, 0.05) is 12.8 Å². The van der Waals surface area contributed by atoms with E-state index in [1.54, 1.807) is 6.08 Å². The molecule has 2 atom stereocenters. The number of aliphatic hydroxyl groups is 2. The zero-order valence-electron chi connectivity index (χ0n) is 47.3. The fourth-order valence-electron chi connectivity index (χ4n) is 9.85. The van der Waals surface area contributed by atoms with Crippen molar-refractivity contribution < 1.29 is 24.5 Å². The van der Waals surface area contributed by atoms with Gasteiger partial charge in [-0.3, -0.25) is 9.59 Å². The minimum atomic E-state index is -0.840. The van der Waals surface area contributed by atoms with E-state index in [9.17, 15) is 19.8 Å². The Bertz CT molecular complexity index is 1090. The molecule has 414 valence electrons. The average molecular weight is 987 g/mol. The molecule has 0 bridgehead atoms. The number of carbonyl (C=O) groups is 2. The molecule has 0 radical (unpaired) electrons. The number of aliphatic hydroxyl groups excluding tert-OH is 2. The van der Waals surface area contributed by atoms with Gasteiger partial charge in [0.1, 0.15) is 0 Å². The summed E-state index contributed by atoms with van der Waals surface area (Å²) in [6, 6.07) is -0.623. The van der Waals surface area contributed by atoms with Crippen LogP contribution in [0.4, 0.5) is 0 Å². The summed E-state index contributed by atoms with van der Waals surface area (Å²) in [6.45, 7) is 4.88. The molecule has 0 aliphatic heterocycles. The van der Waals surface area contributed by atoms with Crippen LogP contribution in [0.5, 0.6) is 0 Å². The minimum Gasteiger partial charge on any atom is -0.466 e. The molecule has 0 aliphatic carbocycles. The third-order valence-electron chi connectivity index (χ3n) is 14.7. The summed E-state index contributed by atoms with van der Waals surface area (Å²) in [5, 5.41) is 23.1. The van der Waals surface area contributed by atoms with Crippen LogP contribution in [-0.4, -0.2) is 47.4 Å². The van der Waals surface area contributed by atoms with Crippen LogP contribution in [0.25, 0.3) is 0 Å². The summed E-state index contributed by atoms with van der Waals surface area (Å²) >= 11 is 0. The minimum absolute atomic E-state index is 0.00873. The molecule has 3 N–H and O–H groups in total. The second kappa shape index (κ2) is 59.9. The van der Waals surface area contributed by atoms with Crippen molar-refractivity contribution in [3.05, 3.63) is 24.3 Å². The Balaban J connectivity index is 3.33. The van der Waals surface area contributed by atoms with Crippen molar-refractivity contribution in [2.45, 2.75) is 360 Å². The van der Waals surface area contributed by atoms with Crippen molar-refractivity contribution in [2.75, 3.05) is 13.2 Å². The number of allylic oxidation sites excluding steroid dienone is 3. The molecule has 2 unspecified atom stereocenters. The van der Waals surface area contributed by atoms with Crippen molar-refractivity contribution >= 4 is 11.9 Å². The largest absolute Gasteiger partial charge is 0.466 e. The lowest BCUT2D eigenvalue weighted by atomic mass is 10.0. The summed E-state index contributed by atoms with van der Waals surface area (Å²) in [5.41, 5.74) is 0. The highest BCUT2D eigenvalue weighted by Crippen LogP contribution is 2.18. The van der Waals surface area contributed by atoms with Gasteiger partial charge in [0.05, 0.1) is 25.4 Å². The molecule has 6 nitrogen and oxygen atoms in total. The first-order valence-corrected chi connectivity index (χ1v) is 31.6. The Morgan fingerprint density at radius 3 is 1.06 bits per heavy atom. The summed E-state index contributed by atoms with van der Waals surface area (Å²) in [6.07, 6.45) is 73.8. The predicted molar refractivity (Wildman–Crippen MR) is 306 cm³/mol. The molecule has 1 amide bonds. The lowest BCUT2D eigenvalue weighted by Crippen LogP contribution is -2.45. The van der Waals surface area contributed by atoms with Crippen LogP contribution in [0.2, 0.25) is 0 Å². The number of hydrogen-bond donors (Lipinski definition) is 3. The number of amides is 1. The molecule has 0 aliphatic rings.